The summed E-state index contributed by atoms with van der Waals surface area (Å²) in [6.45, 7) is 2.57. The van der Waals surface area contributed by atoms with Gasteiger partial charge in [-0.15, -0.1) is 11.3 Å². The number of thiophene rings is 1. The predicted octanol–water partition coefficient (Wildman–Crippen LogP) is 3.90. The van der Waals surface area contributed by atoms with Gasteiger partial charge < -0.3 is 4.74 Å². The molecule has 8 heteroatoms. The second kappa shape index (κ2) is 7.40. The number of aryl methyl sites for hydroxylation is 2. The number of esters is 1. The van der Waals surface area contributed by atoms with Crippen LogP contribution in [0.1, 0.15) is 45.9 Å². The molecule has 0 fully saturated rings. The summed E-state index contributed by atoms with van der Waals surface area (Å²) in [6, 6.07) is 3.40. The lowest BCUT2D eigenvalue weighted by molar-refractivity contribution is 0.0477. The number of rotatable bonds is 3. The van der Waals surface area contributed by atoms with Crippen LogP contribution in [-0.2, 0) is 24.3 Å². The summed E-state index contributed by atoms with van der Waals surface area (Å²) in [7, 11) is 0. The van der Waals surface area contributed by atoms with Gasteiger partial charge in [0.25, 0.3) is 5.56 Å². The zero-order valence-corrected chi connectivity index (χ0v) is 16.4. The summed E-state index contributed by atoms with van der Waals surface area (Å²) < 4.78 is 7.17. The topological polar surface area (TPSA) is 74.1 Å². The first-order valence-electron chi connectivity index (χ1n) is 8.85. The first-order chi connectivity index (χ1) is 13.0. The minimum absolute atomic E-state index is 0.0494. The van der Waals surface area contributed by atoms with Crippen molar-refractivity contribution in [3.63, 3.8) is 0 Å². The maximum absolute atomic E-state index is 13.0. The Labute approximate surface area is 164 Å². The van der Waals surface area contributed by atoms with Crippen LogP contribution in [0.15, 0.2) is 23.1 Å². The summed E-state index contributed by atoms with van der Waals surface area (Å²) in [5.74, 6) is 0.364. The van der Waals surface area contributed by atoms with Crippen LogP contribution in [0.25, 0.3) is 10.2 Å². The molecule has 140 valence electrons. The van der Waals surface area contributed by atoms with Crippen molar-refractivity contribution >= 4 is 39.1 Å². The lowest BCUT2D eigenvalue weighted by atomic mass is 10.2. The van der Waals surface area contributed by atoms with Gasteiger partial charge in [-0.1, -0.05) is 24.1 Å². The van der Waals surface area contributed by atoms with Gasteiger partial charge in [-0.3, -0.25) is 9.36 Å². The highest BCUT2D eigenvalue weighted by atomic mass is 35.5. The second-order valence-electron chi connectivity index (χ2n) is 6.60. The number of aromatic nitrogens is 3. The SMILES string of the molecule is Cc1c(C(=O)OCc2ccc(Cl)nc2)sc2nc3n(c(=O)c12)CCCCC3. The molecule has 0 radical (unpaired) electrons. The maximum Gasteiger partial charge on any atom is 0.349 e. The largest absolute Gasteiger partial charge is 0.457 e. The molecule has 3 aromatic heterocycles. The van der Waals surface area contributed by atoms with E-state index in [4.69, 9.17) is 16.3 Å². The summed E-state index contributed by atoms with van der Waals surface area (Å²) >= 11 is 6.99. The predicted molar refractivity (Wildman–Crippen MR) is 105 cm³/mol. The van der Waals surface area contributed by atoms with Crippen molar-refractivity contribution in [1.29, 1.82) is 0 Å². The number of ether oxygens (including phenoxy) is 1. The molecule has 1 aliphatic heterocycles. The highest BCUT2D eigenvalue weighted by Crippen LogP contribution is 2.29. The Morgan fingerprint density at radius 1 is 1.33 bits per heavy atom. The van der Waals surface area contributed by atoms with Gasteiger partial charge in [-0.2, -0.15) is 0 Å². The van der Waals surface area contributed by atoms with Crippen molar-refractivity contribution in [2.24, 2.45) is 0 Å². The number of carbonyl (C=O) groups is 1. The number of nitrogens with zero attached hydrogens (tertiary/aromatic N) is 3. The van der Waals surface area contributed by atoms with Gasteiger partial charge in [0.1, 0.15) is 27.3 Å². The van der Waals surface area contributed by atoms with Crippen LogP contribution in [0.5, 0.6) is 0 Å². The molecule has 0 spiro atoms. The average molecular weight is 404 g/mol. The molecular formula is C19H18ClN3O3S. The average Bonchev–Trinajstić information content (AvgIpc) is 2.83. The van der Waals surface area contributed by atoms with E-state index in [-0.39, 0.29) is 12.2 Å². The van der Waals surface area contributed by atoms with Crippen LogP contribution in [0.3, 0.4) is 0 Å². The lowest BCUT2D eigenvalue weighted by Crippen LogP contribution is -2.24. The summed E-state index contributed by atoms with van der Waals surface area (Å²) in [6.07, 6.45) is 5.48. The maximum atomic E-state index is 13.0. The van der Waals surface area contributed by atoms with Crippen LogP contribution in [0, 0.1) is 6.92 Å². The second-order valence-corrected chi connectivity index (χ2v) is 7.98. The van der Waals surface area contributed by atoms with Gasteiger partial charge in [0.2, 0.25) is 0 Å². The zero-order chi connectivity index (χ0) is 19.0. The van der Waals surface area contributed by atoms with E-state index in [1.165, 1.54) is 11.3 Å². The molecule has 0 N–H and O–H groups in total. The van der Waals surface area contributed by atoms with Crippen LogP contribution in [0.2, 0.25) is 5.15 Å². The molecule has 0 aromatic carbocycles. The molecular weight excluding hydrogens is 386 g/mol. The number of pyridine rings is 1. The van der Waals surface area contributed by atoms with E-state index in [1.807, 2.05) is 0 Å². The van der Waals surface area contributed by atoms with Crippen LogP contribution in [-0.4, -0.2) is 20.5 Å². The van der Waals surface area contributed by atoms with Crippen molar-refractivity contribution in [3.8, 4) is 0 Å². The Morgan fingerprint density at radius 3 is 2.96 bits per heavy atom. The molecule has 4 heterocycles. The standard InChI is InChI=1S/C19H18ClN3O3S/c1-11-15-17(22-14-5-3-2-4-8-23(14)18(15)24)27-16(11)19(25)26-10-12-6-7-13(20)21-9-12/h6-7,9H,2-5,8,10H2,1H3. The number of halogens is 1. The summed E-state index contributed by atoms with van der Waals surface area (Å²) in [4.78, 5) is 35.2. The highest BCUT2D eigenvalue weighted by Gasteiger charge is 2.23. The monoisotopic (exact) mass is 403 g/mol. The van der Waals surface area contributed by atoms with Gasteiger partial charge in [0.15, 0.2) is 0 Å². The Balaban J connectivity index is 1.65. The van der Waals surface area contributed by atoms with Gasteiger partial charge in [-0.05, 0) is 31.4 Å². The molecule has 0 bridgehead atoms. The van der Waals surface area contributed by atoms with Crippen LogP contribution < -0.4 is 5.56 Å². The van der Waals surface area contributed by atoms with Gasteiger partial charge in [0, 0.05) is 24.7 Å². The minimum atomic E-state index is -0.454. The van der Waals surface area contributed by atoms with Crippen LogP contribution in [0.4, 0.5) is 0 Å². The molecule has 6 nitrogen and oxygen atoms in total. The minimum Gasteiger partial charge on any atom is -0.457 e. The zero-order valence-electron chi connectivity index (χ0n) is 14.8. The van der Waals surface area contributed by atoms with E-state index in [2.05, 4.69) is 9.97 Å². The smallest absolute Gasteiger partial charge is 0.349 e. The summed E-state index contributed by atoms with van der Waals surface area (Å²) in [5, 5.41) is 0.919. The molecule has 3 aromatic rings. The molecule has 0 atom stereocenters. The van der Waals surface area contributed by atoms with Crippen molar-refractivity contribution in [3.05, 3.63) is 55.7 Å². The van der Waals surface area contributed by atoms with E-state index in [0.29, 0.717) is 32.4 Å². The Kier molecular flexibility index (Phi) is 4.97. The molecule has 27 heavy (non-hydrogen) atoms. The fourth-order valence-corrected chi connectivity index (χ4v) is 4.51. The fourth-order valence-electron chi connectivity index (χ4n) is 3.31. The van der Waals surface area contributed by atoms with Gasteiger partial charge in [0.05, 0.1) is 5.39 Å². The molecule has 0 saturated carbocycles. The van der Waals surface area contributed by atoms with Crippen molar-refractivity contribution < 1.29 is 9.53 Å². The molecule has 0 unspecified atom stereocenters. The molecule has 1 aliphatic rings. The number of fused-ring (bicyclic) bond motifs is 2. The van der Waals surface area contributed by atoms with E-state index in [1.54, 1.807) is 29.8 Å². The van der Waals surface area contributed by atoms with E-state index < -0.39 is 5.97 Å². The molecule has 0 aliphatic carbocycles. The molecule has 0 saturated heterocycles. The van der Waals surface area contributed by atoms with E-state index in [0.717, 1.165) is 37.1 Å². The molecule has 4 rings (SSSR count). The van der Waals surface area contributed by atoms with Crippen molar-refractivity contribution in [2.45, 2.75) is 45.8 Å². The normalized spacial score (nSPS) is 14.0. The lowest BCUT2D eigenvalue weighted by Gasteiger charge is -2.08. The first kappa shape index (κ1) is 18.1. The van der Waals surface area contributed by atoms with Crippen LogP contribution >= 0.6 is 22.9 Å². The number of carbonyl (C=O) groups excluding carboxylic acids is 1. The third kappa shape index (κ3) is 3.49. The van der Waals surface area contributed by atoms with E-state index in [9.17, 15) is 9.59 Å². The van der Waals surface area contributed by atoms with Crippen molar-refractivity contribution in [1.82, 2.24) is 14.5 Å². The fraction of sp³-hybridized carbons (Fsp3) is 0.368. The Morgan fingerprint density at radius 2 is 2.19 bits per heavy atom. The number of hydrogen-bond donors (Lipinski definition) is 0. The van der Waals surface area contributed by atoms with E-state index >= 15 is 0 Å². The third-order valence-electron chi connectivity index (χ3n) is 4.76. The quantitative estimate of drug-likeness (QED) is 0.489. The summed E-state index contributed by atoms with van der Waals surface area (Å²) in [5.41, 5.74) is 1.34. The Hall–Kier alpha value is -2.25. The van der Waals surface area contributed by atoms with Gasteiger partial charge in [-0.25, -0.2) is 14.8 Å². The highest BCUT2D eigenvalue weighted by molar-refractivity contribution is 7.20. The first-order valence-corrected chi connectivity index (χ1v) is 10.0. The number of hydrogen-bond acceptors (Lipinski definition) is 6. The van der Waals surface area contributed by atoms with Gasteiger partial charge >= 0.3 is 5.97 Å². The molecule has 0 amide bonds. The Bertz CT molecular complexity index is 1070. The van der Waals surface area contributed by atoms with Crippen molar-refractivity contribution in [2.75, 3.05) is 0 Å². The third-order valence-corrected chi connectivity index (χ3v) is 6.14.